The molecule has 0 aliphatic rings. The first-order valence-electron chi connectivity index (χ1n) is 4.30. The summed E-state index contributed by atoms with van der Waals surface area (Å²) in [6, 6.07) is 0. The zero-order chi connectivity index (χ0) is 12.1. The summed E-state index contributed by atoms with van der Waals surface area (Å²) in [5.41, 5.74) is 0. The number of aliphatic hydroxyl groups excluding tert-OH is 1. The molecule has 15 heavy (non-hydrogen) atoms. The number of rotatable bonds is 6. The third-order valence-electron chi connectivity index (χ3n) is 1.75. The Hall–Kier alpha value is -0.340. The maximum Gasteiger partial charge on any atom is 0.389 e. The molecule has 8 heteroatoms. The summed E-state index contributed by atoms with van der Waals surface area (Å²) < 4.78 is 58.6. The van der Waals surface area contributed by atoms with Crippen LogP contribution in [0.1, 0.15) is 12.8 Å². The van der Waals surface area contributed by atoms with Gasteiger partial charge < -0.3 is 5.11 Å². The Morgan fingerprint density at radius 1 is 1.33 bits per heavy atom. The topological polar surface area (TPSA) is 57.6 Å². The van der Waals surface area contributed by atoms with Crippen LogP contribution < -0.4 is 0 Å². The molecule has 0 amide bonds. The van der Waals surface area contributed by atoms with Crippen LogP contribution in [0, 0.1) is 0 Å². The van der Waals surface area contributed by atoms with Crippen LogP contribution in [0.25, 0.3) is 0 Å². The van der Waals surface area contributed by atoms with Crippen LogP contribution in [0.3, 0.4) is 0 Å². The smallest absolute Gasteiger partial charge is 0.389 e. The summed E-state index contributed by atoms with van der Waals surface area (Å²) in [7, 11) is -2.45. The van der Waals surface area contributed by atoms with Crippen molar-refractivity contribution in [1.82, 2.24) is 4.31 Å². The average Bonchev–Trinajstić information content (AvgIpc) is 2.01. The van der Waals surface area contributed by atoms with Crippen molar-refractivity contribution in [2.45, 2.75) is 19.0 Å². The fourth-order valence-corrected chi connectivity index (χ4v) is 2.07. The van der Waals surface area contributed by atoms with Gasteiger partial charge in [-0.3, -0.25) is 0 Å². The highest BCUT2D eigenvalue weighted by atomic mass is 32.2. The number of hydrogen-bond acceptors (Lipinski definition) is 3. The largest absolute Gasteiger partial charge is 0.395 e. The van der Waals surface area contributed by atoms with Crippen molar-refractivity contribution in [2.75, 3.05) is 26.0 Å². The number of sulfonamides is 1. The molecule has 0 aliphatic heterocycles. The van der Waals surface area contributed by atoms with Gasteiger partial charge in [0.1, 0.15) is 0 Å². The van der Waals surface area contributed by atoms with Gasteiger partial charge in [-0.25, -0.2) is 12.7 Å². The molecule has 0 aliphatic carbocycles. The Bertz CT molecular complexity index is 276. The van der Waals surface area contributed by atoms with E-state index in [4.69, 9.17) is 5.11 Å². The summed E-state index contributed by atoms with van der Waals surface area (Å²) >= 11 is 0. The zero-order valence-corrected chi connectivity index (χ0v) is 9.11. The predicted molar refractivity (Wildman–Crippen MR) is 48.8 cm³/mol. The lowest BCUT2D eigenvalue weighted by molar-refractivity contribution is -0.134. The molecule has 0 atom stereocenters. The fourth-order valence-electron chi connectivity index (χ4n) is 0.891. The van der Waals surface area contributed by atoms with E-state index in [1.807, 2.05) is 0 Å². The minimum Gasteiger partial charge on any atom is -0.395 e. The molecule has 0 spiro atoms. The lowest BCUT2D eigenvalue weighted by atomic mass is 10.3. The molecule has 0 heterocycles. The molecular weight excluding hydrogens is 235 g/mol. The average molecular weight is 249 g/mol. The standard InChI is InChI=1S/C7H14F3NO3S/c1-11(4-5-12)15(13,14)6-2-3-7(8,9)10/h12H,2-6H2,1H3. The van der Waals surface area contributed by atoms with Gasteiger partial charge in [0, 0.05) is 20.0 Å². The third kappa shape index (κ3) is 6.69. The van der Waals surface area contributed by atoms with Crippen molar-refractivity contribution < 1.29 is 26.7 Å². The summed E-state index contributed by atoms with van der Waals surface area (Å²) in [5.74, 6) is -0.553. The number of nitrogens with zero attached hydrogens (tertiary/aromatic N) is 1. The number of hydrogen-bond donors (Lipinski definition) is 1. The molecule has 0 rings (SSSR count). The third-order valence-corrected chi connectivity index (χ3v) is 3.69. The Labute approximate surface area is 86.7 Å². The normalized spacial score (nSPS) is 13.5. The first-order chi connectivity index (χ1) is 6.69. The van der Waals surface area contributed by atoms with Crippen LogP contribution in [-0.2, 0) is 10.0 Å². The molecule has 1 N–H and O–H groups in total. The molecule has 0 aromatic rings. The molecule has 0 saturated heterocycles. The summed E-state index contributed by atoms with van der Waals surface area (Å²) in [6.07, 6.45) is -5.90. The van der Waals surface area contributed by atoms with Gasteiger partial charge in [0.15, 0.2) is 0 Å². The predicted octanol–water partition coefficient (Wildman–Crippen LogP) is 0.583. The van der Waals surface area contributed by atoms with Gasteiger partial charge in [-0.1, -0.05) is 0 Å². The maximum atomic E-state index is 11.7. The lowest BCUT2D eigenvalue weighted by Gasteiger charge is -2.15. The first kappa shape index (κ1) is 14.7. The van der Waals surface area contributed by atoms with Crippen LogP contribution in [0.2, 0.25) is 0 Å². The van der Waals surface area contributed by atoms with Crippen molar-refractivity contribution >= 4 is 10.0 Å². The van der Waals surface area contributed by atoms with E-state index in [0.717, 1.165) is 4.31 Å². The highest BCUT2D eigenvalue weighted by Crippen LogP contribution is 2.21. The Kier molecular flexibility index (Phi) is 5.54. The van der Waals surface area contributed by atoms with Crippen molar-refractivity contribution in [3.8, 4) is 0 Å². The van der Waals surface area contributed by atoms with E-state index < -0.39 is 34.8 Å². The van der Waals surface area contributed by atoms with Crippen molar-refractivity contribution in [3.63, 3.8) is 0 Å². The molecule has 0 radical (unpaired) electrons. The van der Waals surface area contributed by atoms with E-state index in [1.54, 1.807) is 0 Å². The zero-order valence-electron chi connectivity index (χ0n) is 8.29. The Morgan fingerprint density at radius 3 is 2.27 bits per heavy atom. The molecule has 0 unspecified atom stereocenters. The Balaban J connectivity index is 4.06. The number of alkyl halides is 3. The van der Waals surface area contributed by atoms with Crippen LogP contribution >= 0.6 is 0 Å². The highest BCUT2D eigenvalue weighted by Gasteiger charge is 2.28. The van der Waals surface area contributed by atoms with Crippen molar-refractivity contribution in [1.29, 1.82) is 0 Å². The summed E-state index contributed by atoms with van der Waals surface area (Å²) in [4.78, 5) is 0. The quantitative estimate of drug-likeness (QED) is 0.749. The minimum absolute atomic E-state index is 0.103. The van der Waals surface area contributed by atoms with Crippen molar-refractivity contribution in [3.05, 3.63) is 0 Å². The molecule has 0 aromatic carbocycles. The fraction of sp³-hybridized carbons (Fsp3) is 1.00. The summed E-state index contributed by atoms with van der Waals surface area (Å²) in [6.45, 7) is -0.455. The number of aliphatic hydroxyl groups is 1. The van der Waals surface area contributed by atoms with Gasteiger partial charge >= 0.3 is 6.18 Å². The maximum absolute atomic E-state index is 11.7. The first-order valence-corrected chi connectivity index (χ1v) is 5.91. The van der Waals surface area contributed by atoms with E-state index in [9.17, 15) is 21.6 Å². The van der Waals surface area contributed by atoms with Gasteiger partial charge in [-0.2, -0.15) is 13.2 Å². The molecule has 92 valence electrons. The van der Waals surface area contributed by atoms with Crippen LogP contribution in [-0.4, -0.2) is 50.0 Å². The van der Waals surface area contributed by atoms with Crippen LogP contribution in [0.15, 0.2) is 0 Å². The molecule has 0 bridgehead atoms. The van der Waals surface area contributed by atoms with Gasteiger partial charge in [-0.15, -0.1) is 0 Å². The number of likely N-dealkylation sites (N-methyl/N-ethyl adjacent to an activating group) is 1. The second kappa shape index (κ2) is 5.66. The van der Waals surface area contributed by atoms with E-state index in [-0.39, 0.29) is 13.2 Å². The molecule has 4 nitrogen and oxygen atoms in total. The SMILES string of the molecule is CN(CCO)S(=O)(=O)CCCC(F)(F)F. The molecule has 0 saturated carbocycles. The van der Waals surface area contributed by atoms with E-state index >= 15 is 0 Å². The minimum atomic E-state index is -4.33. The lowest BCUT2D eigenvalue weighted by Crippen LogP contribution is -2.32. The second-order valence-corrected chi connectivity index (χ2v) is 5.28. The van der Waals surface area contributed by atoms with Gasteiger partial charge in [-0.05, 0) is 6.42 Å². The van der Waals surface area contributed by atoms with Gasteiger partial charge in [0.2, 0.25) is 10.0 Å². The summed E-state index contributed by atoms with van der Waals surface area (Å²) in [5, 5.41) is 8.47. The molecule has 0 aromatic heterocycles. The second-order valence-electron chi connectivity index (χ2n) is 3.08. The van der Waals surface area contributed by atoms with Crippen molar-refractivity contribution in [2.24, 2.45) is 0 Å². The van der Waals surface area contributed by atoms with Gasteiger partial charge in [0.25, 0.3) is 0 Å². The monoisotopic (exact) mass is 249 g/mol. The van der Waals surface area contributed by atoms with Gasteiger partial charge in [0.05, 0.1) is 12.4 Å². The van der Waals surface area contributed by atoms with E-state index in [0.29, 0.717) is 0 Å². The Morgan fingerprint density at radius 2 is 1.87 bits per heavy atom. The van der Waals surface area contributed by atoms with E-state index in [2.05, 4.69) is 0 Å². The van der Waals surface area contributed by atoms with Crippen LogP contribution in [0.5, 0.6) is 0 Å². The number of halogens is 3. The molecule has 0 fully saturated rings. The molecular formula is C7H14F3NO3S. The van der Waals surface area contributed by atoms with E-state index in [1.165, 1.54) is 7.05 Å². The highest BCUT2D eigenvalue weighted by molar-refractivity contribution is 7.89. The van der Waals surface area contributed by atoms with Crippen LogP contribution in [0.4, 0.5) is 13.2 Å².